The minimum Gasteiger partial charge on any atom is -0.455 e. The molecule has 10 aromatic rings. The summed E-state index contributed by atoms with van der Waals surface area (Å²) in [5.74, 6) is 1.89. The smallest absolute Gasteiger partial charge is 0.164 e. The van der Waals surface area contributed by atoms with Gasteiger partial charge in [-0.2, -0.15) is 0 Å². The lowest BCUT2D eigenvalue weighted by atomic mass is 9.67. The fourth-order valence-corrected chi connectivity index (χ4v) is 8.72. The van der Waals surface area contributed by atoms with Gasteiger partial charge in [-0.05, 0) is 57.1 Å². The fraction of sp³-hybridized carbons (Fsp3) is 0.0192. The van der Waals surface area contributed by atoms with Gasteiger partial charge in [0.1, 0.15) is 11.2 Å². The van der Waals surface area contributed by atoms with E-state index >= 15 is 0 Å². The maximum atomic E-state index is 6.99. The first-order valence-electron chi connectivity index (χ1n) is 18.9. The van der Waals surface area contributed by atoms with E-state index in [1.807, 2.05) is 60.7 Å². The lowest BCUT2D eigenvalue weighted by Gasteiger charge is -2.33. The Hall–Kier alpha value is -7.43. The average Bonchev–Trinajstić information content (AvgIpc) is 3.79. The Bertz CT molecular complexity index is 2970. The third-order valence-corrected chi connectivity index (χ3v) is 11.2. The van der Waals surface area contributed by atoms with E-state index in [2.05, 4.69) is 140 Å². The summed E-state index contributed by atoms with van der Waals surface area (Å²) in [6.45, 7) is 0. The molecule has 0 saturated heterocycles. The Labute approximate surface area is 324 Å². The van der Waals surface area contributed by atoms with Crippen LogP contribution in [0.5, 0.6) is 0 Å². The molecule has 1 aliphatic rings. The summed E-state index contributed by atoms with van der Waals surface area (Å²) in [5.41, 5.74) is 13.5. The SMILES string of the molecule is c1ccc(-c2nc(-c3ccccc3)nc(-c3cccc(-c4cccc5c4oc4cc6c(cc45)-c4ccccc4C6(c4ccccc4)c4ccccc4)c3)n2)cc1. The van der Waals surface area contributed by atoms with Gasteiger partial charge in [-0.1, -0.05) is 182 Å². The average molecular weight is 716 g/mol. The van der Waals surface area contributed by atoms with Crippen LogP contribution < -0.4 is 0 Å². The number of nitrogens with zero attached hydrogens (tertiary/aromatic N) is 3. The van der Waals surface area contributed by atoms with Crippen LogP contribution in [0, 0.1) is 0 Å². The number of furan rings is 1. The summed E-state index contributed by atoms with van der Waals surface area (Å²) in [5, 5.41) is 2.18. The minimum atomic E-state index is -0.499. The molecular formula is C52H33N3O. The highest BCUT2D eigenvalue weighted by Gasteiger charge is 2.46. The zero-order valence-electron chi connectivity index (χ0n) is 30.3. The number of fused-ring (bicyclic) bond motifs is 6. The van der Waals surface area contributed by atoms with Crippen LogP contribution in [0.4, 0.5) is 0 Å². The van der Waals surface area contributed by atoms with Crippen molar-refractivity contribution in [3.05, 3.63) is 222 Å². The third-order valence-electron chi connectivity index (χ3n) is 11.2. The Balaban J connectivity index is 1.09. The molecule has 4 heteroatoms. The Morgan fingerprint density at radius 2 is 0.839 bits per heavy atom. The summed E-state index contributed by atoms with van der Waals surface area (Å²) in [7, 11) is 0. The Morgan fingerprint density at radius 3 is 1.48 bits per heavy atom. The van der Waals surface area contributed by atoms with Gasteiger partial charge in [-0.3, -0.25) is 0 Å². The number of benzene rings is 8. The molecular weight excluding hydrogens is 683 g/mol. The standard InChI is InChI=1S/C52H33N3O/c1-5-17-34(18-6-1)49-53-50(35-19-7-2-8-20-35)55-51(54-49)37-22-15-21-36(31-37)40-28-16-29-42-44-32-43-41-27-13-14-30-45(41)52(38-23-9-3-10-24-38,39-25-11-4-12-26-39)46(43)33-47(44)56-48(40)42/h1-33H. The zero-order valence-corrected chi connectivity index (χ0v) is 30.3. The van der Waals surface area contributed by atoms with Crippen LogP contribution in [-0.2, 0) is 5.41 Å². The van der Waals surface area contributed by atoms with E-state index in [0.29, 0.717) is 17.5 Å². The molecule has 0 unspecified atom stereocenters. The maximum Gasteiger partial charge on any atom is 0.164 e. The van der Waals surface area contributed by atoms with Gasteiger partial charge in [0.05, 0.1) is 5.41 Å². The number of hydrogen-bond donors (Lipinski definition) is 0. The largest absolute Gasteiger partial charge is 0.455 e. The van der Waals surface area contributed by atoms with Crippen molar-refractivity contribution in [1.82, 2.24) is 15.0 Å². The second-order valence-electron chi connectivity index (χ2n) is 14.3. The van der Waals surface area contributed by atoms with Crippen molar-refractivity contribution in [2.24, 2.45) is 0 Å². The van der Waals surface area contributed by atoms with E-state index in [4.69, 9.17) is 19.4 Å². The van der Waals surface area contributed by atoms with Gasteiger partial charge >= 0.3 is 0 Å². The fourth-order valence-electron chi connectivity index (χ4n) is 8.72. The number of rotatable bonds is 6. The van der Waals surface area contributed by atoms with E-state index in [0.717, 1.165) is 49.8 Å². The number of para-hydroxylation sites is 1. The van der Waals surface area contributed by atoms with Crippen molar-refractivity contribution in [3.63, 3.8) is 0 Å². The van der Waals surface area contributed by atoms with Crippen LogP contribution in [0.1, 0.15) is 22.3 Å². The summed E-state index contributed by atoms with van der Waals surface area (Å²) in [6.07, 6.45) is 0. The predicted molar refractivity (Wildman–Crippen MR) is 226 cm³/mol. The first-order valence-corrected chi connectivity index (χ1v) is 18.9. The molecule has 2 aromatic heterocycles. The number of aromatic nitrogens is 3. The summed E-state index contributed by atoms with van der Waals surface area (Å²) >= 11 is 0. The molecule has 0 atom stereocenters. The summed E-state index contributed by atoms with van der Waals surface area (Å²) < 4.78 is 6.99. The monoisotopic (exact) mass is 715 g/mol. The quantitative estimate of drug-likeness (QED) is 0.172. The van der Waals surface area contributed by atoms with Crippen LogP contribution in [0.25, 0.3) is 78.4 Å². The van der Waals surface area contributed by atoms with Crippen LogP contribution in [0.3, 0.4) is 0 Å². The van der Waals surface area contributed by atoms with Crippen LogP contribution >= 0.6 is 0 Å². The lowest BCUT2D eigenvalue weighted by Crippen LogP contribution is -2.28. The zero-order chi connectivity index (χ0) is 37.1. The molecule has 0 bridgehead atoms. The molecule has 262 valence electrons. The maximum absolute atomic E-state index is 6.99. The van der Waals surface area contributed by atoms with Crippen molar-refractivity contribution in [3.8, 4) is 56.4 Å². The molecule has 0 radical (unpaired) electrons. The molecule has 0 amide bonds. The van der Waals surface area contributed by atoms with E-state index in [-0.39, 0.29) is 0 Å². The molecule has 0 N–H and O–H groups in total. The van der Waals surface area contributed by atoms with Crippen molar-refractivity contribution >= 4 is 21.9 Å². The molecule has 2 heterocycles. The van der Waals surface area contributed by atoms with Crippen LogP contribution in [0.15, 0.2) is 205 Å². The van der Waals surface area contributed by atoms with Crippen molar-refractivity contribution < 1.29 is 4.42 Å². The van der Waals surface area contributed by atoms with Crippen molar-refractivity contribution in [2.75, 3.05) is 0 Å². The van der Waals surface area contributed by atoms with E-state index in [1.165, 1.54) is 33.4 Å². The number of hydrogen-bond acceptors (Lipinski definition) is 4. The highest BCUT2D eigenvalue weighted by atomic mass is 16.3. The summed E-state index contributed by atoms with van der Waals surface area (Å²) in [4.78, 5) is 14.9. The normalized spacial score (nSPS) is 12.8. The molecule has 0 fully saturated rings. The molecule has 0 saturated carbocycles. The predicted octanol–water partition coefficient (Wildman–Crippen LogP) is 12.8. The Kier molecular flexibility index (Phi) is 7.36. The molecule has 8 aromatic carbocycles. The van der Waals surface area contributed by atoms with Gasteiger partial charge in [0, 0.05) is 33.0 Å². The van der Waals surface area contributed by atoms with Gasteiger partial charge in [-0.25, -0.2) is 15.0 Å². The summed E-state index contributed by atoms with van der Waals surface area (Å²) in [6, 6.07) is 70.3. The second kappa shape index (κ2) is 12.9. The van der Waals surface area contributed by atoms with Gasteiger partial charge in [0.2, 0.25) is 0 Å². The van der Waals surface area contributed by atoms with Crippen LogP contribution in [-0.4, -0.2) is 15.0 Å². The molecule has 0 spiro atoms. The van der Waals surface area contributed by atoms with E-state index in [1.54, 1.807) is 0 Å². The topological polar surface area (TPSA) is 51.8 Å². The van der Waals surface area contributed by atoms with E-state index in [9.17, 15) is 0 Å². The molecule has 4 nitrogen and oxygen atoms in total. The van der Waals surface area contributed by atoms with Gasteiger partial charge in [0.15, 0.2) is 17.5 Å². The highest BCUT2D eigenvalue weighted by Crippen LogP contribution is 2.57. The second-order valence-corrected chi connectivity index (χ2v) is 14.3. The van der Waals surface area contributed by atoms with Crippen molar-refractivity contribution in [1.29, 1.82) is 0 Å². The molecule has 56 heavy (non-hydrogen) atoms. The van der Waals surface area contributed by atoms with Gasteiger partial charge in [-0.15, -0.1) is 0 Å². The minimum absolute atomic E-state index is 0.499. The van der Waals surface area contributed by atoms with E-state index < -0.39 is 5.41 Å². The molecule has 0 aliphatic heterocycles. The molecule has 11 rings (SSSR count). The first kappa shape index (κ1) is 32.0. The van der Waals surface area contributed by atoms with Crippen LogP contribution in [0.2, 0.25) is 0 Å². The van der Waals surface area contributed by atoms with Gasteiger partial charge < -0.3 is 4.42 Å². The van der Waals surface area contributed by atoms with Gasteiger partial charge in [0.25, 0.3) is 0 Å². The first-order chi connectivity index (χ1) is 27.8. The third kappa shape index (κ3) is 4.96. The van der Waals surface area contributed by atoms with Crippen molar-refractivity contribution in [2.45, 2.75) is 5.41 Å². The lowest BCUT2D eigenvalue weighted by molar-refractivity contribution is 0.667. The highest BCUT2D eigenvalue weighted by molar-refractivity contribution is 6.12. The Morgan fingerprint density at radius 1 is 0.339 bits per heavy atom. The molecule has 1 aliphatic carbocycles.